The number of hydrogen-bond acceptors (Lipinski definition) is 3. The molecule has 1 saturated heterocycles. The van der Waals surface area contributed by atoms with Crippen LogP contribution in [0.15, 0.2) is 36.4 Å². The molecule has 1 unspecified atom stereocenters. The van der Waals surface area contributed by atoms with Gasteiger partial charge >= 0.3 is 0 Å². The van der Waals surface area contributed by atoms with Gasteiger partial charge in [-0.25, -0.2) is 0 Å². The summed E-state index contributed by atoms with van der Waals surface area (Å²) in [5.74, 6) is -0.857. The van der Waals surface area contributed by atoms with Gasteiger partial charge in [0.2, 0.25) is 17.7 Å². The molecule has 1 aliphatic heterocycles. The number of nitrogens with one attached hydrogen (secondary N) is 1. The van der Waals surface area contributed by atoms with Crippen LogP contribution in [-0.2, 0) is 20.8 Å². The molecule has 3 amide bonds. The highest BCUT2D eigenvalue weighted by Gasteiger charge is 2.46. The molecule has 1 heterocycles. The number of fused-ring (bicyclic) bond motifs is 1. The number of imide groups is 1. The number of hydrogen-bond donors (Lipinski definition) is 1. The van der Waals surface area contributed by atoms with E-state index in [2.05, 4.69) is 24.4 Å². The van der Waals surface area contributed by atoms with Gasteiger partial charge in [0.15, 0.2) is 0 Å². The maximum atomic E-state index is 12.4. The zero-order valence-corrected chi connectivity index (χ0v) is 15.4. The molecule has 5 nitrogen and oxygen atoms in total. The van der Waals surface area contributed by atoms with Crippen LogP contribution in [0, 0.1) is 11.8 Å². The fraction of sp³-hybridized carbons (Fsp3) is 0.476. The van der Waals surface area contributed by atoms with Crippen LogP contribution in [0.4, 0.5) is 0 Å². The minimum absolute atomic E-state index is 0.106. The van der Waals surface area contributed by atoms with Crippen LogP contribution < -0.4 is 5.32 Å². The van der Waals surface area contributed by atoms with Crippen LogP contribution in [0.5, 0.6) is 0 Å². The first kappa shape index (κ1) is 18.4. The van der Waals surface area contributed by atoms with Crippen molar-refractivity contribution in [3.63, 3.8) is 0 Å². The highest BCUT2D eigenvalue weighted by Crippen LogP contribution is 2.35. The van der Waals surface area contributed by atoms with E-state index in [1.165, 1.54) is 10.5 Å². The zero-order valence-electron chi connectivity index (χ0n) is 15.4. The monoisotopic (exact) mass is 354 g/mol. The second-order valence-corrected chi connectivity index (χ2v) is 7.12. The first-order valence-corrected chi connectivity index (χ1v) is 9.39. The Bertz CT molecular complexity index is 697. The molecule has 0 bridgehead atoms. The van der Waals surface area contributed by atoms with Crippen molar-refractivity contribution in [1.29, 1.82) is 0 Å². The lowest BCUT2D eigenvalue weighted by Gasteiger charge is -2.17. The van der Waals surface area contributed by atoms with Gasteiger partial charge in [0.05, 0.1) is 17.9 Å². The Kier molecular flexibility index (Phi) is 5.55. The predicted molar refractivity (Wildman–Crippen MR) is 99.1 cm³/mol. The molecule has 1 aliphatic carbocycles. The second-order valence-electron chi connectivity index (χ2n) is 7.12. The predicted octanol–water partition coefficient (Wildman–Crippen LogP) is 2.77. The van der Waals surface area contributed by atoms with E-state index < -0.39 is 0 Å². The lowest BCUT2D eigenvalue weighted by molar-refractivity contribution is -0.140. The SMILES string of the molecule is CCc1ccc(C(C)NC(=O)CCN2C(=O)[C@H]3CC=CC[C@H]3C2=O)cc1. The normalized spacial score (nSPS) is 23.1. The lowest BCUT2D eigenvalue weighted by atomic mass is 9.85. The topological polar surface area (TPSA) is 66.5 Å². The van der Waals surface area contributed by atoms with Gasteiger partial charge in [-0.15, -0.1) is 0 Å². The van der Waals surface area contributed by atoms with Gasteiger partial charge in [-0.1, -0.05) is 43.3 Å². The van der Waals surface area contributed by atoms with E-state index >= 15 is 0 Å². The van der Waals surface area contributed by atoms with Crippen molar-refractivity contribution >= 4 is 17.7 Å². The van der Waals surface area contributed by atoms with E-state index in [9.17, 15) is 14.4 Å². The minimum Gasteiger partial charge on any atom is -0.350 e. The van der Waals surface area contributed by atoms with Gasteiger partial charge in [0.1, 0.15) is 0 Å². The van der Waals surface area contributed by atoms with Gasteiger partial charge in [0, 0.05) is 13.0 Å². The zero-order chi connectivity index (χ0) is 18.7. The number of carbonyl (C=O) groups is 3. The van der Waals surface area contributed by atoms with Crippen molar-refractivity contribution in [3.8, 4) is 0 Å². The van der Waals surface area contributed by atoms with Crippen LogP contribution in [0.1, 0.15) is 50.3 Å². The van der Waals surface area contributed by atoms with Crippen molar-refractivity contribution in [1.82, 2.24) is 10.2 Å². The summed E-state index contributed by atoms with van der Waals surface area (Å²) in [6.07, 6.45) is 6.31. The van der Waals surface area contributed by atoms with Crippen LogP contribution in [0.2, 0.25) is 0 Å². The van der Waals surface area contributed by atoms with E-state index in [1.54, 1.807) is 0 Å². The maximum Gasteiger partial charge on any atom is 0.233 e. The van der Waals surface area contributed by atoms with Gasteiger partial charge in [-0.2, -0.15) is 0 Å². The maximum absolute atomic E-state index is 12.4. The van der Waals surface area contributed by atoms with E-state index in [-0.39, 0.29) is 48.6 Å². The summed E-state index contributed by atoms with van der Waals surface area (Å²) < 4.78 is 0. The summed E-state index contributed by atoms with van der Waals surface area (Å²) in [7, 11) is 0. The van der Waals surface area contributed by atoms with E-state index in [1.807, 2.05) is 31.2 Å². The molecule has 2 aliphatic rings. The van der Waals surface area contributed by atoms with E-state index in [0.717, 1.165) is 12.0 Å². The first-order chi connectivity index (χ1) is 12.5. The third-order valence-corrected chi connectivity index (χ3v) is 5.43. The summed E-state index contributed by atoms with van der Waals surface area (Å²) in [6, 6.07) is 8.07. The van der Waals surface area contributed by atoms with Crippen LogP contribution in [-0.4, -0.2) is 29.2 Å². The van der Waals surface area contributed by atoms with Crippen LogP contribution in [0.25, 0.3) is 0 Å². The Morgan fingerprint density at radius 3 is 2.23 bits per heavy atom. The molecular formula is C21H26N2O3. The molecule has 5 heteroatoms. The summed E-state index contributed by atoms with van der Waals surface area (Å²) in [5.41, 5.74) is 2.30. The Morgan fingerprint density at radius 1 is 1.12 bits per heavy atom. The molecule has 0 saturated carbocycles. The first-order valence-electron chi connectivity index (χ1n) is 9.39. The van der Waals surface area contributed by atoms with Gasteiger partial charge in [0.25, 0.3) is 0 Å². The Labute approximate surface area is 154 Å². The van der Waals surface area contributed by atoms with Gasteiger partial charge in [-0.3, -0.25) is 19.3 Å². The van der Waals surface area contributed by atoms with E-state index in [0.29, 0.717) is 12.8 Å². The number of amides is 3. The largest absolute Gasteiger partial charge is 0.350 e. The fourth-order valence-corrected chi connectivity index (χ4v) is 3.74. The number of nitrogens with zero attached hydrogens (tertiary/aromatic N) is 1. The second kappa shape index (κ2) is 7.85. The summed E-state index contributed by atoms with van der Waals surface area (Å²) in [6.45, 7) is 4.20. The van der Waals surface area contributed by atoms with Crippen molar-refractivity contribution < 1.29 is 14.4 Å². The van der Waals surface area contributed by atoms with Crippen molar-refractivity contribution in [2.24, 2.45) is 11.8 Å². The Morgan fingerprint density at radius 2 is 1.69 bits per heavy atom. The average Bonchev–Trinajstić information content (AvgIpc) is 2.91. The van der Waals surface area contributed by atoms with Gasteiger partial charge < -0.3 is 5.32 Å². The molecule has 3 atom stereocenters. The molecule has 1 aromatic rings. The molecule has 1 N–H and O–H groups in total. The number of benzene rings is 1. The fourth-order valence-electron chi connectivity index (χ4n) is 3.74. The smallest absolute Gasteiger partial charge is 0.233 e. The average molecular weight is 354 g/mol. The van der Waals surface area contributed by atoms with E-state index in [4.69, 9.17) is 0 Å². The molecule has 3 rings (SSSR count). The number of likely N-dealkylation sites (tertiary alicyclic amines) is 1. The molecule has 0 aromatic heterocycles. The Hall–Kier alpha value is -2.43. The number of rotatable bonds is 6. The number of carbonyl (C=O) groups excluding carboxylic acids is 3. The van der Waals surface area contributed by atoms with Crippen molar-refractivity contribution in [2.75, 3.05) is 6.54 Å². The molecule has 0 radical (unpaired) electrons. The van der Waals surface area contributed by atoms with Gasteiger partial charge in [-0.05, 0) is 37.3 Å². The van der Waals surface area contributed by atoms with Crippen molar-refractivity contribution in [2.45, 2.75) is 45.6 Å². The minimum atomic E-state index is -0.230. The molecule has 1 fully saturated rings. The molecule has 26 heavy (non-hydrogen) atoms. The third-order valence-electron chi connectivity index (χ3n) is 5.43. The molecule has 0 spiro atoms. The summed E-state index contributed by atoms with van der Waals surface area (Å²) >= 11 is 0. The number of aryl methyl sites for hydroxylation is 1. The molecule has 138 valence electrons. The highest BCUT2D eigenvalue weighted by molar-refractivity contribution is 6.05. The quantitative estimate of drug-likeness (QED) is 0.631. The Balaban J connectivity index is 1.52. The lowest BCUT2D eigenvalue weighted by Crippen LogP contribution is -2.36. The summed E-state index contributed by atoms with van der Waals surface area (Å²) in [5, 5.41) is 2.95. The molecule has 1 aromatic carbocycles. The highest BCUT2D eigenvalue weighted by atomic mass is 16.2. The molecular weight excluding hydrogens is 328 g/mol. The standard InChI is InChI=1S/C21H26N2O3/c1-3-15-8-10-16(11-9-15)14(2)22-19(24)12-13-23-20(25)17-6-4-5-7-18(17)21(23)26/h4-5,8-11,14,17-18H,3,6-7,12-13H2,1-2H3,(H,22,24)/t14?,17-,18+. The summed E-state index contributed by atoms with van der Waals surface area (Å²) in [4.78, 5) is 38.4. The van der Waals surface area contributed by atoms with Crippen molar-refractivity contribution in [3.05, 3.63) is 47.5 Å². The van der Waals surface area contributed by atoms with Crippen LogP contribution in [0.3, 0.4) is 0 Å². The van der Waals surface area contributed by atoms with Crippen LogP contribution >= 0.6 is 0 Å². The number of allylic oxidation sites excluding steroid dienone is 2. The third kappa shape index (κ3) is 3.71.